The van der Waals surface area contributed by atoms with Crippen molar-refractivity contribution in [3.63, 3.8) is 0 Å². The molecule has 1 aliphatic rings. The molecule has 1 N–H and O–H groups in total. The van der Waals surface area contributed by atoms with Crippen LogP contribution < -0.4 is 4.74 Å². The number of benzene rings is 1. The summed E-state index contributed by atoms with van der Waals surface area (Å²) in [6.45, 7) is 0.547. The van der Waals surface area contributed by atoms with E-state index in [1.165, 1.54) is 24.1 Å². The van der Waals surface area contributed by atoms with Gasteiger partial charge in [-0.05, 0) is 24.6 Å². The summed E-state index contributed by atoms with van der Waals surface area (Å²) in [6.07, 6.45) is 0.430. The fourth-order valence-electron chi connectivity index (χ4n) is 2.13. The first-order valence-electron chi connectivity index (χ1n) is 5.88. The zero-order chi connectivity index (χ0) is 14.0. The van der Waals surface area contributed by atoms with Crippen molar-refractivity contribution in [3.05, 3.63) is 29.6 Å². The Morgan fingerprint density at radius 3 is 2.74 bits per heavy atom. The number of amides is 1. The smallest absolute Gasteiger partial charge is 0.308 e. The lowest BCUT2D eigenvalue weighted by Crippen LogP contribution is -2.30. The molecule has 102 valence electrons. The molecule has 1 saturated heterocycles. The number of hydrogen-bond acceptors (Lipinski definition) is 3. The predicted molar refractivity (Wildman–Crippen MR) is 64.6 cm³/mol. The maximum absolute atomic E-state index is 13.5. The van der Waals surface area contributed by atoms with Gasteiger partial charge in [-0.15, -0.1) is 0 Å². The lowest BCUT2D eigenvalue weighted by Gasteiger charge is -2.16. The Morgan fingerprint density at radius 2 is 2.21 bits per heavy atom. The van der Waals surface area contributed by atoms with Crippen LogP contribution in [0.15, 0.2) is 18.2 Å². The third-order valence-corrected chi connectivity index (χ3v) is 3.22. The molecule has 1 heterocycles. The van der Waals surface area contributed by atoms with Crippen LogP contribution in [0.1, 0.15) is 16.8 Å². The van der Waals surface area contributed by atoms with E-state index in [4.69, 9.17) is 9.84 Å². The van der Waals surface area contributed by atoms with E-state index in [0.717, 1.165) is 6.07 Å². The second-order valence-corrected chi connectivity index (χ2v) is 4.42. The van der Waals surface area contributed by atoms with Gasteiger partial charge in [0.05, 0.1) is 13.0 Å². The topological polar surface area (TPSA) is 66.8 Å². The summed E-state index contributed by atoms with van der Waals surface area (Å²) >= 11 is 0. The highest BCUT2D eigenvalue weighted by Crippen LogP contribution is 2.22. The van der Waals surface area contributed by atoms with E-state index < -0.39 is 17.7 Å². The molecular weight excluding hydrogens is 253 g/mol. The lowest BCUT2D eigenvalue weighted by molar-refractivity contribution is -0.141. The molecule has 1 amide bonds. The molecule has 6 heteroatoms. The van der Waals surface area contributed by atoms with Crippen molar-refractivity contribution in [1.29, 1.82) is 0 Å². The average molecular weight is 267 g/mol. The molecule has 5 nitrogen and oxygen atoms in total. The highest BCUT2D eigenvalue weighted by molar-refractivity contribution is 5.95. The summed E-state index contributed by atoms with van der Waals surface area (Å²) in [7, 11) is 1.35. The van der Waals surface area contributed by atoms with Crippen LogP contribution >= 0.6 is 0 Å². The maximum atomic E-state index is 13.5. The molecule has 1 fully saturated rings. The number of carbonyl (C=O) groups excluding carboxylic acids is 1. The first kappa shape index (κ1) is 13.3. The number of carboxylic acids is 1. The minimum absolute atomic E-state index is 0.0707. The molecule has 2 rings (SSSR count). The summed E-state index contributed by atoms with van der Waals surface area (Å²) < 4.78 is 18.3. The summed E-state index contributed by atoms with van der Waals surface area (Å²) in [5.74, 6) is -2.34. The molecule has 0 aliphatic carbocycles. The van der Waals surface area contributed by atoms with E-state index in [1.807, 2.05) is 0 Å². The van der Waals surface area contributed by atoms with Crippen molar-refractivity contribution in [1.82, 2.24) is 4.90 Å². The standard InChI is InChI=1S/C13H14FNO4/c1-19-11-3-2-8(6-10(11)14)12(16)15-5-4-9(7-15)13(17)18/h2-3,6,9H,4-5,7H2,1H3,(H,17,18). The molecule has 0 aromatic heterocycles. The number of methoxy groups -OCH3 is 1. The van der Waals surface area contributed by atoms with E-state index in [1.54, 1.807) is 0 Å². The minimum atomic E-state index is -0.906. The second-order valence-electron chi connectivity index (χ2n) is 4.42. The number of nitrogens with zero attached hydrogens (tertiary/aromatic N) is 1. The van der Waals surface area contributed by atoms with Crippen LogP contribution in [0.4, 0.5) is 4.39 Å². The second kappa shape index (κ2) is 5.26. The maximum Gasteiger partial charge on any atom is 0.308 e. The third kappa shape index (κ3) is 2.67. The van der Waals surface area contributed by atoms with Gasteiger partial charge in [-0.25, -0.2) is 4.39 Å². The summed E-state index contributed by atoms with van der Waals surface area (Å²) in [5.41, 5.74) is 0.198. The van der Waals surface area contributed by atoms with Crippen LogP contribution in [0, 0.1) is 11.7 Å². The summed E-state index contributed by atoms with van der Waals surface area (Å²) in [6, 6.07) is 3.96. The van der Waals surface area contributed by atoms with Crippen LogP contribution in [0.3, 0.4) is 0 Å². The van der Waals surface area contributed by atoms with Gasteiger partial charge >= 0.3 is 5.97 Å². The number of hydrogen-bond donors (Lipinski definition) is 1. The first-order valence-corrected chi connectivity index (χ1v) is 5.88. The van der Waals surface area contributed by atoms with Crippen molar-refractivity contribution in [2.24, 2.45) is 5.92 Å². The van der Waals surface area contributed by atoms with Gasteiger partial charge in [0.1, 0.15) is 0 Å². The summed E-state index contributed by atoms with van der Waals surface area (Å²) in [4.78, 5) is 24.4. The van der Waals surface area contributed by atoms with Crippen LogP contribution in [0.5, 0.6) is 5.75 Å². The van der Waals surface area contributed by atoms with Gasteiger partial charge in [0, 0.05) is 18.7 Å². The number of ether oxygens (including phenoxy) is 1. The van der Waals surface area contributed by atoms with Gasteiger partial charge in [-0.2, -0.15) is 0 Å². The van der Waals surface area contributed by atoms with E-state index in [0.29, 0.717) is 13.0 Å². The lowest BCUT2D eigenvalue weighted by atomic mass is 10.1. The largest absolute Gasteiger partial charge is 0.494 e. The monoisotopic (exact) mass is 267 g/mol. The molecule has 1 unspecified atom stereocenters. The van der Waals surface area contributed by atoms with Gasteiger partial charge in [-0.3, -0.25) is 9.59 Å². The molecule has 0 bridgehead atoms. The third-order valence-electron chi connectivity index (χ3n) is 3.22. The molecule has 0 spiro atoms. The van der Waals surface area contributed by atoms with Gasteiger partial charge in [0.15, 0.2) is 11.6 Å². The first-order chi connectivity index (χ1) is 9.02. The Hall–Kier alpha value is -2.11. The fourth-order valence-corrected chi connectivity index (χ4v) is 2.13. The number of rotatable bonds is 3. The molecule has 0 radical (unpaired) electrons. The minimum Gasteiger partial charge on any atom is -0.494 e. The Balaban J connectivity index is 2.12. The quantitative estimate of drug-likeness (QED) is 0.898. The van der Waals surface area contributed by atoms with Crippen molar-refractivity contribution < 1.29 is 23.8 Å². The van der Waals surface area contributed by atoms with Crippen molar-refractivity contribution >= 4 is 11.9 Å². The Morgan fingerprint density at radius 1 is 1.47 bits per heavy atom. The van der Waals surface area contributed by atoms with Crippen LogP contribution in [0.25, 0.3) is 0 Å². The van der Waals surface area contributed by atoms with Gasteiger partial charge in [0.25, 0.3) is 5.91 Å². The van der Waals surface area contributed by atoms with Gasteiger partial charge < -0.3 is 14.7 Å². The zero-order valence-corrected chi connectivity index (χ0v) is 10.4. The molecule has 0 saturated carbocycles. The SMILES string of the molecule is COc1ccc(C(=O)N2CCC(C(=O)O)C2)cc1F. The molecule has 19 heavy (non-hydrogen) atoms. The van der Waals surface area contributed by atoms with Crippen molar-refractivity contribution in [3.8, 4) is 5.75 Å². The van der Waals surface area contributed by atoms with Crippen molar-refractivity contribution in [2.75, 3.05) is 20.2 Å². The zero-order valence-electron chi connectivity index (χ0n) is 10.4. The normalized spacial score (nSPS) is 18.4. The molecule has 1 aliphatic heterocycles. The Labute approximate surface area is 109 Å². The molecule has 1 aromatic carbocycles. The van der Waals surface area contributed by atoms with E-state index >= 15 is 0 Å². The molecule has 1 aromatic rings. The number of halogens is 1. The number of aliphatic carboxylic acids is 1. The number of carboxylic acid groups (broad SMARTS) is 1. The average Bonchev–Trinajstić information content (AvgIpc) is 2.87. The molecular formula is C13H14FNO4. The fraction of sp³-hybridized carbons (Fsp3) is 0.385. The van der Waals surface area contributed by atoms with Crippen LogP contribution in [-0.2, 0) is 4.79 Å². The van der Waals surface area contributed by atoms with E-state index in [-0.39, 0.29) is 23.8 Å². The summed E-state index contributed by atoms with van der Waals surface area (Å²) in [5, 5.41) is 8.88. The highest BCUT2D eigenvalue weighted by Gasteiger charge is 2.31. The van der Waals surface area contributed by atoms with E-state index in [2.05, 4.69) is 0 Å². The van der Waals surface area contributed by atoms with Gasteiger partial charge in [-0.1, -0.05) is 0 Å². The van der Waals surface area contributed by atoms with Gasteiger partial charge in [0.2, 0.25) is 0 Å². The number of likely N-dealkylation sites (tertiary alicyclic amines) is 1. The van der Waals surface area contributed by atoms with E-state index in [9.17, 15) is 14.0 Å². The Bertz CT molecular complexity index is 517. The van der Waals surface area contributed by atoms with Crippen LogP contribution in [0.2, 0.25) is 0 Å². The predicted octanol–water partition coefficient (Wildman–Crippen LogP) is 1.38. The highest BCUT2D eigenvalue weighted by atomic mass is 19.1. The number of carbonyl (C=O) groups is 2. The molecule has 1 atom stereocenters. The van der Waals surface area contributed by atoms with Crippen molar-refractivity contribution in [2.45, 2.75) is 6.42 Å². The Kier molecular flexibility index (Phi) is 3.69. The van der Waals surface area contributed by atoms with Crippen LogP contribution in [-0.4, -0.2) is 42.1 Å².